The van der Waals surface area contributed by atoms with Crippen LogP contribution < -0.4 is 15.4 Å². The topological polar surface area (TPSA) is 113 Å². The molecule has 2 aromatic heterocycles. The zero-order valence-electron chi connectivity index (χ0n) is 25.0. The van der Waals surface area contributed by atoms with Crippen molar-refractivity contribution in [1.29, 1.82) is 0 Å². The molecule has 1 aromatic carbocycles. The van der Waals surface area contributed by atoms with Crippen molar-refractivity contribution in [2.24, 2.45) is 0 Å². The Bertz CT molecular complexity index is 1390. The number of fused-ring (bicyclic) bond motifs is 1. The van der Waals surface area contributed by atoms with E-state index >= 15 is 0 Å². The average molecular weight is 571 g/mol. The first kappa shape index (κ1) is 29.9. The third kappa shape index (κ3) is 5.45. The van der Waals surface area contributed by atoms with Crippen LogP contribution in [0.2, 0.25) is 5.02 Å². The SMILES string of the molecule is CCC(=O)Nc1ccccc1OC1(C(=O)NC(C)(C)C(C)(C)c2nnc3c(Cl)c(C(C)(C)C)[nH]n23)CCCCC1. The molecule has 4 rings (SSSR count). The number of hydrogen-bond donors (Lipinski definition) is 3. The molecule has 2 amide bonds. The second-order valence-electron chi connectivity index (χ2n) is 13.0. The maximum atomic E-state index is 14.2. The Kier molecular flexibility index (Phi) is 8.02. The number of aromatic amines is 1. The zero-order chi connectivity index (χ0) is 29.5. The van der Waals surface area contributed by atoms with Crippen LogP contribution in [-0.2, 0) is 20.4 Å². The Morgan fingerprint density at radius 1 is 1.05 bits per heavy atom. The van der Waals surface area contributed by atoms with E-state index < -0.39 is 16.6 Å². The summed E-state index contributed by atoms with van der Waals surface area (Å²) in [7, 11) is 0. The molecule has 0 bridgehead atoms. The van der Waals surface area contributed by atoms with Crippen molar-refractivity contribution in [1.82, 2.24) is 25.1 Å². The largest absolute Gasteiger partial charge is 0.475 e. The molecule has 10 heteroatoms. The van der Waals surface area contributed by atoms with E-state index in [9.17, 15) is 9.59 Å². The highest BCUT2D eigenvalue weighted by Crippen LogP contribution is 2.40. The second kappa shape index (κ2) is 10.7. The fourth-order valence-corrected chi connectivity index (χ4v) is 5.59. The summed E-state index contributed by atoms with van der Waals surface area (Å²) >= 11 is 6.69. The van der Waals surface area contributed by atoms with Gasteiger partial charge in [-0.1, -0.05) is 71.7 Å². The van der Waals surface area contributed by atoms with E-state index in [1.807, 2.05) is 44.3 Å². The number of carbonyl (C=O) groups excluding carboxylic acids is 2. The lowest BCUT2D eigenvalue weighted by Gasteiger charge is -2.44. The van der Waals surface area contributed by atoms with E-state index in [0.717, 1.165) is 25.0 Å². The van der Waals surface area contributed by atoms with E-state index in [4.69, 9.17) is 16.3 Å². The molecule has 1 aliphatic rings. The van der Waals surface area contributed by atoms with Crippen LogP contribution in [0.15, 0.2) is 24.3 Å². The van der Waals surface area contributed by atoms with Gasteiger partial charge in [-0.05, 0) is 51.7 Å². The fourth-order valence-electron chi connectivity index (χ4n) is 5.15. The van der Waals surface area contributed by atoms with Crippen LogP contribution in [0.25, 0.3) is 5.65 Å². The molecule has 0 unspecified atom stereocenters. The molecule has 218 valence electrons. The number of aromatic nitrogens is 4. The number of para-hydroxylation sites is 2. The summed E-state index contributed by atoms with van der Waals surface area (Å²) < 4.78 is 8.40. The number of amides is 2. The number of halogens is 1. The minimum atomic E-state index is -1.06. The van der Waals surface area contributed by atoms with E-state index in [-0.39, 0.29) is 17.2 Å². The molecule has 0 spiro atoms. The van der Waals surface area contributed by atoms with Crippen LogP contribution in [0.1, 0.15) is 105 Å². The Morgan fingerprint density at radius 3 is 2.33 bits per heavy atom. The number of rotatable bonds is 8. The van der Waals surface area contributed by atoms with Gasteiger partial charge >= 0.3 is 0 Å². The van der Waals surface area contributed by atoms with Gasteiger partial charge in [0.1, 0.15) is 10.8 Å². The summed E-state index contributed by atoms with van der Waals surface area (Å²) in [6.07, 6.45) is 4.32. The van der Waals surface area contributed by atoms with Crippen molar-refractivity contribution >= 4 is 34.7 Å². The predicted octanol–water partition coefficient (Wildman–Crippen LogP) is 6.31. The molecule has 2 heterocycles. The number of nitrogens with zero attached hydrogens (tertiary/aromatic N) is 3. The smallest absolute Gasteiger partial charge is 0.264 e. The summed E-state index contributed by atoms with van der Waals surface area (Å²) in [4.78, 5) is 26.4. The van der Waals surface area contributed by atoms with Crippen LogP contribution in [0.3, 0.4) is 0 Å². The molecule has 0 radical (unpaired) electrons. The highest BCUT2D eigenvalue weighted by molar-refractivity contribution is 6.34. The number of anilines is 1. The molecule has 40 heavy (non-hydrogen) atoms. The van der Waals surface area contributed by atoms with Gasteiger partial charge in [0.25, 0.3) is 5.91 Å². The van der Waals surface area contributed by atoms with E-state index in [2.05, 4.69) is 46.7 Å². The van der Waals surface area contributed by atoms with Crippen molar-refractivity contribution in [3.8, 4) is 5.75 Å². The van der Waals surface area contributed by atoms with Crippen molar-refractivity contribution in [2.75, 3.05) is 5.32 Å². The number of benzene rings is 1. The standard InChI is InChI=1S/C30H43ClN6O3/c1-9-21(38)32-19-15-11-12-16-20(19)40-30(17-13-10-14-18-30)26(39)33-29(7,8)28(5,6)25-35-34-24-22(31)23(27(2,3)4)36-37(24)25/h11-12,15-16,36H,9-10,13-14,17-18H2,1-8H3,(H,32,38)(H,33,39). The highest BCUT2D eigenvalue weighted by Gasteiger charge is 2.49. The van der Waals surface area contributed by atoms with E-state index in [1.54, 1.807) is 19.1 Å². The number of ether oxygens (including phenoxy) is 1. The Morgan fingerprint density at radius 2 is 1.70 bits per heavy atom. The molecule has 9 nitrogen and oxygen atoms in total. The predicted molar refractivity (Wildman–Crippen MR) is 158 cm³/mol. The lowest BCUT2D eigenvalue weighted by Crippen LogP contribution is -2.63. The molecule has 0 aliphatic heterocycles. The lowest BCUT2D eigenvalue weighted by molar-refractivity contribution is -0.142. The highest BCUT2D eigenvalue weighted by atomic mass is 35.5. The number of carbonyl (C=O) groups is 2. The van der Waals surface area contributed by atoms with Gasteiger partial charge < -0.3 is 15.4 Å². The van der Waals surface area contributed by atoms with Gasteiger partial charge in [0, 0.05) is 22.8 Å². The van der Waals surface area contributed by atoms with Gasteiger partial charge in [0.05, 0.1) is 11.4 Å². The summed E-state index contributed by atoms with van der Waals surface area (Å²) in [5.41, 5.74) is -0.675. The number of hydrogen-bond acceptors (Lipinski definition) is 5. The maximum absolute atomic E-state index is 14.2. The third-order valence-corrected chi connectivity index (χ3v) is 8.82. The summed E-state index contributed by atoms with van der Waals surface area (Å²) in [6, 6.07) is 7.30. The van der Waals surface area contributed by atoms with Crippen molar-refractivity contribution < 1.29 is 14.3 Å². The Hall–Kier alpha value is -3.07. The first-order valence-electron chi connectivity index (χ1n) is 14.2. The normalized spacial score (nSPS) is 16.1. The lowest BCUT2D eigenvalue weighted by atomic mass is 9.73. The minimum absolute atomic E-state index is 0.111. The monoisotopic (exact) mass is 570 g/mol. The van der Waals surface area contributed by atoms with Crippen LogP contribution >= 0.6 is 11.6 Å². The van der Waals surface area contributed by atoms with Crippen LogP contribution in [0.5, 0.6) is 5.75 Å². The average Bonchev–Trinajstić information content (AvgIpc) is 3.46. The van der Waals surface area contributed by atoms with Gasteiger partial charge in [0.15, 0.2) is 17.1 Å². The quantitative estimate of drug-likeness (QED) is 0.293. The second-order valence-corrected chi connectivity index (χ2v) is 13.4. The molecule has 0 atom stereocenters. The van der Waals surface area contributed by atoms with Crippen molar-refractivity contribution in [3.63, 3.8) is 0 Å². The van der Waals surface area contributed by atoms with Crippen molar-refractivity contribution in [2.45, 2.75) is 116 Å². The van der Waals surface area contributed by atoms with Crippen LogP contribution in [-0.4, -0.2) is 42.8 Å². The van der Waals surface area contributed by atoms with Crippen LogP contribution in [0.4, 0.5) is 5.69 Å². The van der Waals surface area contributed by atoms with Crippen molar-refractivity contribution in [3.05, 3.63) is 40.8 Å². The maximum Gasteiger partial charge on any atom is 0.264 e. The van der Waals surface area contributed by atoms with Gasteiger partial charge in [-0.2, -0.15) is 0 Å². The first-order chi connectivity index (χ1) is 18.6. The third-order valence-electron chi connectivity index (χ3n) is 8.46. The molecular formula is C30H43ClN6O3. The Labute approximate surface area is 241 Å². The number of nitrogens with one attached hydrogen (secondary N) is 3. The molecule has 0 saturated heterocycles. The molecular weight excluding hydrogens is 528 g/mol. The molecule has 3 aromatic rings. The zero-order valence-corrected chi connectivity index (χ0v) is 25.8. The van der Waals surface area contributed by atoms with Gasteiger partial charge in [-0.3, -0.25) is 14.7 Å². The van der Waals surface area contributed by atoms with Gasteiger partial charge in [-0.15, -0.1) is 10.2 Å². The molecule has 1 aliphatic carbocycles. The van der Waals surface area contributed by atoms with Gasteiger partial charge in [-0.25, -0.2) is 4.52 Å². The van der Waals surface area contributed by atoms with Crippen LogP contribution in [0, 0.1) is 0 Å². The first-order valence-corrected chi connectivity index (χ1v) is 14.5. The fraction of sp³-hybridized carbons (Fsp3) is 0.600. The summed E-state index contributed by atoms with van der Waals surface area (Å²) in [5.74, 6) is 0.868. The summed E-state index contributed by atoms with van der Waals surface area (Å²) in [6.45, 7) is 16.1. The Balaban J connectivity index is 1.66. The molecule has 3 N–H and O–H groups in total. The molecule has 1 saturated carbocycles. The van der Waals surface area contributed by atoms with Gasteiger partial charge in [0.2, 0.25) is 5.91 Å². The van der Waals surface area contributed by atoms with E-state index in [1.165, 1.54) is 0 Å². The minimum Gasteiger partial charge on any atom is -0.475 e. The number of H-pyrrole nitrogens is 1. The van der Waals surface area contributed by atoms with E-state index in [0.29, 0.717) is 47.2 Å². The summed E-state index contributed by atoms with van der Waals surface area (Å²) in [5, 5.41) is 19.1. The molecule has 1 fully saturated rings.